The lowest BCUT2D eigenvalue weighted by Gasteiger charge is -2.26. The molecule has 2 heterocycles. The number of benzene rings is 1. The average molecular weight is 427 g/mol. The van der Waals surface area contributed by atoms with Gasteiger partial charge in [-0.1, -0.05) is 38.8 Å². The fourth-order valence-corrected chi connectivity index (χ4v) is 4.11. The number of ether oxygens (including phenoxy) is 1. The third kappa shape index (κ3) is 7.39. The molecule has 2 aromatic rings. The van der Waals surface area contributed by atoms with Crippen LogP contribution in [0.15, 0.2) is 29.1 Å². The van der Waals surface area contributed by atoms with Gasteiger partial charge in [0.05, 0.1) is 12.3 Å². The molecule has 0 amide bonds. The summed E-state index contributed by atoms with van der Waals surface area (Å²) in [6, 6.07) is 8.44. The molecule has 0 atom stereocenters. The number of H-pyrrole nitrogens is 1. The number of unbranched alkanes of at least 4 members (excludes halogenated alkanes) is 1. The molecule has 1 aromatic carbocycles. The second-order valence-corrected chi connectivity index (χ2v) is 8.41. The zero-order chi connectivity index (χ0) is 21.9. The average Bonchev–Trinajstić information content (AvgIpc) is 2.79. The smallest absolute Gasteiger partial charge is 0.255 e. The molecule has 2 N–H and O–H groups in total. The Labute approximate surface area is 186 Å². The second-order valence-electron chi connectivity index (χ2n) is 8.41. The Bertz CT molecular complexity index is 859. The first-order valence-corrected chi connectivity index (χ1v) is 12.0. The van der Waals surface area contributed by atoms with Gasteiger partial charge in [0.15, 0.2) is 0 Å². The lowest BCUT2D eigenvalue weighted by Crippen LogP contribution is -2.29. The van der Waals surface area contributed by atoms with E-state index in [2.05, 4.69) is 45.3 Å². The van der Waals surface area contributed by atoms with Crippen LogP contribution in [0.3, 0.4) is 0 Å². The number of piperidine rings is 1. The van der Waals surface area contributed by atoms with Crippen LogP contribution < -0.4 is 15.6 Å². The Balaban J connectivity index is 1.43. The van der Waals surface area contributed by atoms with E-state index in [0.29, 0.717) is 19.1 Å². The van der Waals surface area contributed by atoms with Crippen molar-refractivity contribution in [3.8, 4) is 5.75 Å². The summed E-state index contributed by atoms with van der Waals surface area (Å²) in [4.78, 5) is 22.4. The Kier molecular flexibility index (Phi) is 9.40. The van der Waals surface area contributed by atoms with Crippen molar-refractivity contribution in [1.82, 2.24) is 14.9 Å². The first kappa shape index (κ1) is 23.3. The maximum absolute atomic E-state index is 12.4. The number of hydrogen-bond acceptors (Lipinski definition) is 5. The number of rotatable bonds is 12. The van der Waals surface area contributed by atoms with Gasteiger partial charge < -0.3 is 10.1 Å². The largest absolute Gasteiger partial charge is 0.494 e. The van der Waals surface area contributed by atoms with Crippen LogP contribution in [0.2, 0.25) is 0 Å². The van der Waals surface area contributed by atoms with Crippen molar-refractivity contribution in [2.45, 2.75) is 71.8 Å². The van der Waals surface area contributed by atoms with Gasteiger partial charge in [-0.05, 0) is 69.3 Å². The van der Waals surface area contributed by atoms with Gasteiger partial charge in [-0.2, -0.15) is 0 Å². The number of aromatic amines is 1. The summed E-state index contributed by atoms with van der Waals surface area (Å²) >= 11 is 0. The fraction of sp³-hybridized carbons (Fsp3) is 0.600. The van der Waals surface area contributed by atoms with Gasteiger partial charge in [-0.3, -0.25) is 14.7 Å². The van der Waals surface area contributed by atoms with E-state index < -0.39 is 0 Å². The molecule has 1 aliphatic heterocycles. The van der Waals surface area contributed by atoms with Gasteiger partial charge in [0.2, 0.25) is 5.95 Å². The first-order valence-electron chi connectivity index (χ1n) is 12.0. The molecular formula is C25H38N4O2. The summed E-state index contributed by atoms with van der Waals surface area (Å²) in [7, 11) is 0. The van der Waals surface area contributed by atoms with Crippen LogP contribution >= 0.6 is 0 Å². The van der Waals surface area contributed by atoms with Crippen LogP contribution in [-0.4, -0.2) is 41.1 Å². The standard InChI is InChI=1S/C25H38N4O2/c1-3-5-13-22-23(4-2)27-25(28-24(22)30)26-14-10-17-31-21-12-9-11-20(18-21)19-29-15-7-6-8-16-29/h9,11-12,18H,3-8,10,13-17,19H2,1-2H3,(H2,26,27,28,30). The second kappa shape index (κ2) is 12.5. The molecule has 31 heavy (non-hydrogen) atoms. The Morgan fingerprint density at radius 1 is 1.16 bits per heavy atom. The van der Waals surface area contributed by atoms with Gasteiger partial charge in [-0.15, -0.1) is 0 Å². The van der Waals surface area contributed by atoms with E-state index >= 15 is 0 Å². The summed E-state index contributed by atoms with van der Waals surface area (Å²) < 4.78 is 5.95. The zero-order valence-electron chi connectivity index (χ0n) is 19.2. The van der Waals surface area contributed by atoms with Crippen LogP contribution in [0.4, 0.5) is 5.95 Å². The Hall–Kier alpha value is -2.34. The summed E-state index contributed by atoms with van der Waals surface area (Å²) in [6.07, 6.45) is 8.47. The van der Waals surface area contributed by atoms with Gasteiger partial charge in [0, 0.05) is 18.7 Å². The third-order valence-electron chi connectivity index (χ3n) is 5.85. The summed E-state index contributed by atoms with van der Waals surface area (Å²) in [5.41, 5.74) is 3.04. The van der Waals surface area contributed by atoms with E-state index in [-0.39, 0.29) is 5.56 Å². The number of aryl methyl sites for hydroxylation is 1. The predicted molar refractivity (Wildman–Crippen MR) is 127 cm³/mol. The molecule has 0 spiro atoms. The zero-order valence-corrected chi connectivity index (χ0v) is 19.2. The van der Waals surface area contributed by atoms with Crippen LogP contribution in [0, 0.1) is 0 Å². The molecule has 0 saturated carbocycles. The van der Waals surface area contributed by atoms with Gasteiger partial charge in [0.25, 0.3) is 5.56 Å². The minimum absolute atomic E-state index is 0.00966. The van der Waals surface area contributed by atoms with Crippen LogP contribution in [0.1, 0.15) is 69.2 Å². The van der Waals surface area contributed by atoms with E-state index in [9.17, 15) is 4.79 Å². The van der Waals surface area contributed by atoms with Crippen molar-refractivity contribution in [2.24, 2.45) is 0 Å². The summed E-state index contributed by atoms with van der Waals surface area (Å²) in [5, 5.41) is 3.24. The topological polar surface area (TPSA) is 70.2 Å². The summed E-state index contributed by atoms with van der Waals surface area (Å²) in [6.45, 7) is 8.92. The molecule has 6 nitrogen and oxygen atoms in total. The number of hydrogen-bond donors (Lipinski definition) is 2. The molecule has 6 heteroatoms. The van der Waals surface area contributed by atoms with Crippen molar-refractivity contribution in [3.05, 3.63) is 51.4 Å². The fourth-order valence-electron chi connectivity index (χ4n) is 4.11. The molecular weight excluding hydrogens is 388 g/mol. The van der Waals surface area contributed by atoms with E-state index in [1.54, 1.807) is 0 Å². The normalized spacial score (nSPS) is 14.5. The highest BCUT2D eigenvalue weighted by atomic mass is 16.5. The monoisotopic (exact) mass is 426 g/mol. The molecule has 0 radical (unpaired) electrons. The van der Waals surface area contributed by atoms with E-state index in [0.717, 1.165) is 55.7 Å². The van der Waals surface area contributed by atoms with Crippen molar-refractivity contribution >= 4 is 5.95 Å². The van der Waals surface area contributed by atoms with Crippen LogP contribution in [0.5, 0.6) is 5.75 Å². The number of likely N-dealkylation sites (tertiary alicyclic amines) is 1. The maximum Gasteiger partial charge on any atom is 0.255 e. The quantitative estimate of drug-likeness (QED) is 0.488. The minimum atomic E-state index is -0.00966. The predicted octanol–water partition coefficient (Wildman–Crippen LogP) is 4.54. The molecule has 3 rings (SSSR count). The lowest BCUT2D eigenvalue weighted by atomic mass is 10.1. The molecule has 1 saturated heterocycles. The number of aromatic nitrogens is 2. The summed E-state index contributed by atoms with van der Waals surface area (Å²) in [5.74, 6) is 1.49. The third-order valence-corrected chi connectivity index (χ3v) is 5.85. The number of nitrogens with zero attached hydrogens (tertiary/aromatic N) is 2. The molecule has 170 valence electrons. The van der Waals surface area contributed by atoms with Gasteiger partial charge >= 0.3 is 0 Å². The molecule has 0 aliphatic carbocycles. The van der Waals surface area contributed by atoms with E-state index in [1.807, 2.05) is 13.0 Å². The van der Waals surface area contributed by atoms with Crippen LogP contribution in [-0.2, 0) is 19.4 Å². The van der Waals surface area contributed by atoms with Crippen molar-refractivity contribution in [1.29, 1.82) is 0 Å². The van der Waals surface area contributed by atoms with E-state index in [1.165, 1.54) is 37.9 Å². The van der Waals surface area contributed by atoms with Crippen molar-refractivity contribution in [3.63, 3.8) is 0 Å². The molecule has 1 aromatic heterocycles. The van der Waals surface area contributed by atoms with Gasteiger partial charge in [-0.25, -0.2) is 4.98 Å². The highest BCUT2D eigenvalue weighted by Crippen LogP contribution is 2.18. The van der Waals surface area contributed by atoms with Crippen molar-refractivity contribution in [2.75, 3.05) is 31.6 Å². The highest BCUT2D eigenvalue weighted by molar-refractivity contribution is 5.30. The SMILES string of the molecule is CCCCc1c(CC)nc(NCCCOc2cccc(CN3CCCCC3)c2)[nH]c1=O. The lowest BCUT2D eigenvalue weighted by molar-refractivity contribution is 0.220. The van der Waals surface area contributed by atoms with Crippen molar-refractivity contribution < 1.29 is 4.74 Å². The van der Waals surface area contributed by atoms with E-state index in [4.69, 9.17) is 4.74 Å². The highest BCUT2D eigenvalue weighted by Gasteiger charge is 2.11. The minimum Gasteiger partial charge on any atom is -0.494 e. The number of anilines is 1. The Morgan fingerprint density at radius 2 is 2.00 bits per heavy atom. The molecule has 0 bridgehead atoms. The maximum atomic E-state index is 12.4. The molecule has 1 aliphatic rings. The van der Waals surface area contributed by atoms with Crippen LogP contribution in [0.25, 0.3) is 0 Å². The first-order chi connectivity index (χ1) is 15.2. The Morgan fingerprint density at radius 3 is 2.77 bits per heavy atom. The molecule has 1 fully saturated rings. The van der Waals surface area contributed by atoms with Gasteiger partial charge in [0.1, 0.15) is 5.75 Å². The number of nitrogens with one attached hydrogen (secondary N) is 2. The molecule has 0 unspecified atom stereocenters.